The number of nitrogens with zero attached hydrogens (tertiary/aromatic N) is 4. The molecule has 3 N–H and O–H groups in total. The van der Waals surface area contributed by atoms with E-state index in [9.17, 15) is 30.8 Å². The first-order valence-corrected chi connectivity index (χ1v) is 14.0. The maximum Gasteiger partial charge on any atom is 0.255 e. The van der Waals surface area contributed by atoms with Gasteiger partial charge in [-0.3, -0.25) is 4.79 Å². The molecule has 2 aromatic heterocycles. The van der Waals surface area contributed by atoms with Crippen molar-refractivity contribution in [3.05, 3.63) is 89.8 Å². The van der Waals surface area contributed by atoms with Crippen molar-refractivity contribution >= 4 is 32.6 Å². The van der Waals surface area contributed by atoms with Crippen LogP contribution in [0.5, 0.6) is 11.5 Å². The number of carbonyl (C=O) groups excluding carboxylic acids is 1. The third kappa shape index (κ3) is 5.33. The van der Waals surface area contributed by atoms with E-state index < -0.39 is 49.5 Å². The van der Waals surface area contributed by atoms with Crippen molar-refractivity contribution in [2.24, 2.45) is 0 Å². The predicted molar refractivity (Wildman–Crippen MR) is 143 cm³/mol. The summed E-state index contributed by atoms with van der Waals surface area (Å²) in [5.74, 6) is -9.16. The van der Waals surface area contributed by atoms with E-state index in [1.54, 1.807) is 36.4 Å². The first kappa shape index (κ1) is 28.5. The van der Waals surface area contributed by atoms with Gasteiger partial charge < -0.3 is 15.8 Å². The lowest BCUT2D eigenvalue weighted by molar-refractivity contribution is 0.0941. The van der Waals surface area contributed by atoms with Gasteiger partial charge in [-0.1, -0.05) is 18.2 Å². The number of anilines is 1. The van der Waals surface area contributed by atoms with Gasteiger partial charge in [0.1, 0.15) is 34.2 Å². The second-order valence-corrected chi connectivity index (χ2v) is 10.9. The van der Waals surface area contributed by atoms with Gasteiger partial charge in [-0.25, -0.2) is 40.6 Å². The molecule has 0 unspecified atom stereocenters. The third-order valence-corrected chi connectivity index (χ3v) is 7.22. The SMILES string of the molecule is CS(=O)(=O)c1c(F)c(F)c(F)c(F)c1C(=O)NCCn1nc(-c2ccc(Oc3ccccc3)cc2)c2c(N)ncnc21. The lowest BCUT2D eigenvalue weighted by Gasteiger charge is -2.12. The van der Waals surface area contributed by atoms with Crippen LogP contribution >= 0.6 is 0 Å². The summed E-state index contributed by atoms with van der Waals surface area (Å²) in [5.41, 5.74) is 5.93. The van der Waals surface area contributed by atoms with Crippen molar-refractivity contribution in [2.45, 2.75) is 11.4 Å². The fourth-order valence-electron chi connectivity index (χ4n) is 4.22. The van der Waals surface area contributed by atoms with Gasteiger partial charge in [0, 0.05) is 18.4 Å². The molecule has 0 radical (unpaired) electrons. The lowest BCUT2D eigenvalue weighted by Crippen LogP contribution is -2.31. The molecule has 216 valence electrons. The Hall–Kier alpha value is -5.05. The number of sulfone groups is 1. The molecule has 0 aliphatic rings. The third-order valence-electron chi connectivity index (χ3n) is 6.10. The minimum absolute atomic E-state index is 0.115. The van der Waals surface area contributed by atoms with E-state index in [1.165, 1.54) is 11.0 Å². The van der Waals surface area contributed by atoms with E-state index in [0.717, 1.165) is 0 Å². The van der Waals surface area contributed by atoms with Gasteiger partial charge in [-0.05, 0) is 36.4 Å². The Kier molecular flexibility index (Phi) is 7.51. The number of ether oxygens (including phenoxy) is 1. The molecule has 5 rings (SSSR count). The zero-order chi connectivity index (χ0) is 30.2. The quantitative estimate of drug-likeness (QED) is 0.117. The molecule has 10 nitrogen and oxygen atoms in total. The summed E-state index contributed by atoms with van der Waals surface area (Å²) >= 11 is 0. The summed E-state index contributed by atoms with van der Waals surface area (Å²) < 4.78 is 87.5. The molecule has 42 heavy (non-hydrogen) atoms. The van der Waals surface area contributed by atoms with E-state index in [1.807, 2.05) is 18.2 Å². The van der Waals surface area contributed by atoms with Crippen molar-refractivity contribution in [1.29, 1.82) is 0 Å². The van der Waals surface area contributed by atoms with Crippen LogP contribution in [0, 0.1) is 23.3 Å². The summed E-state index contributed by atoms with van der Waals surface area (Å²) in [6, 6.07) is 16.1. The Bertz CT molecular complexity index is 1930. The van der Waals surface area contributed by atoms with Gasteiger partial charge in [0.05, 0.1) is 17.5 Å². The van der Waals surface area contributed by atoms with Gasteiger partial charge >= 0.3 is 0 Å². The first-order chi connectivity index (χ1) is 20.0. The Balaban J connectivity index is 1.41. The van der Waals surface area contributed by atoms with E-state index in [4.69, 9.17) is 10.5 Å². The molecule has 0 aliphatic carbocycles. The average molecular weight is 601 g/mol. The van der Waals surface area contributed by atoms with Crippen LogP contribution in [0.1, 0.15) is 10.4 Å². The number of aromatic nitrogens is 4. The topological polar surface area (TPSA) is 142 Å². The average Bonchev–Trinajstić information content (AvgIpc) is 3.33. The van der Waals surface area contributed by atoms with Crippen molar-refractivity contribution in [1.82, 2.24) is 25.1 Å². The molecule has 0 atom stereocenters. The molecule has 5 aromatic rings. The fraction of sp³-hybridized carbons (Fsp3) is 0.111. The van der Waals surface area contributed by atoms with Crippen LogP contribution in [-0.4, -0.2) is 46.9 Å². The molecular weight excluding hydrogens is 580 g/mol. The molecule has 2 heterocycles. The largest absolute Gasteiger partial charge is 0.457 e. The number of amides is 1. The van der Waals surface area contributed by atoms with Crippen molar-refractivity contribution < 1.29 is 35.5 Å². The number of para-hydroxylation sites is 1. The number of hydrogen-bond donors (Lipinski definition) is 2. The second kappa shape index (κ2) is 11.1. The molecule has 3 aromatic carbocycles. The summed E-state index contributed by atoms with van der Waals surface area (Å²) in [7, 11) is -4.67. The standard InChI is InChI=1S/C27H20F4N6O4S/c1-42(39,40)24-17(19(28)20(29)21(30)22(24)31)27(38)33-11-12-37-26-18(25(32)34-13-35-26)23(36-37)14-7-9-16(10-8-14)41-15-5-3-2-4-6-15/h2-10,13H,11-12H2,1H3,(H,33,38)(H2,32,34,35). The van der Waals surface area contributed by atoms with Crippen LogP contribution in [-0.2, 0) is 16.4 Å². The van der Waals surface area contributed by atoms with Crippen molar-refractivity contribution in [3.8, 4) is 22.8 Å². The van der Waals surface area contributed by atoms with Crippen LogP contribution in [0.3, 0.4) is 0 Å². The molecule has 0 aliphatic heterocycles. The number of nitrogen functional groups attached to an aromatic ring is 1. The Morgan fingerprint density at radius 3 is 2.24 bits per heavy atom. The van der Waals surface area contributed by atoms with Crippen LogP contribution in [0.15, 0.2) is 65.8 Å². The van der Waals surface area contributed by atoms with E-state index in [2.05, 4.69) is 20.4 Å². The molecule has 0 bridgehead atoms. The van der Waals surface area contributed by atoms with Crippen LogP contribution in [0.4, 0.5) is 23.4 Å². The second-order valence-electron chi connectivity index (χ2n) is 8.96. The van der Waals surface area contributed by atoms with Crippen molar-refractivity contribution in [2.75, 3.05) is 18.5 Å². The maximum absolute atomic E-state index is 14.5. The number of nitrogens with one attached hydrogen (secondary N) is 1. The molecule has 0 spiro atoms. The van der Waals surface area contributed by atoms with E-state index in [-0.39, 0.29) is 24.6 Å². The highest BCUT2D eigenvalue weighted by Crippen LogP contribution is 2.32. The summed E-state index contributed by atoms with van der Waals surface area (Å²) in [5, 5.41) is 7.10. The van der Waals surface area contributed by atoms with Gasteiger partial charge in [-0.2, -0.15) is 5.10 Å². The minimum atomic E-state index is -4.67. The smallest absolute Gasteiger partial charge is 0.255 e. The Labute approximate surface area is 235 Å². The summed E-state index contributed by atoms with van der Waals surface area (Å²) in [6.45, 7) is -0.443. The molecule has 0 fully saturated rings. The summed E-state index contributed by atoms with van der Waals surface area (Å²) in [4.78, 5) is 19.3. The Morgan fingerprint density at radius 2 is 1.57 bits per heavy atom. The van der Waals surface area contributed by atoms with Crippen LogP contribution in [0.2, 0.25) is 0 Å². The molecule has 0 saturated carbocycles. The van der Waals surface area contributed by atoms with Crippen molar-refractivity contribution in [3.63, 3.8) is 0 Å². The number of rotatable bonds is 8. The number of halogens is 4. The van der Waals surface area contributed by atoms with Gasteiger partial charge in [0.25, 0.3) is 5.91 Å². The maximum atomic E-state index is 14.5. The zero-order valence-electron chi connectivity index (χ0n) is 21.6. The normalized spacial score (nSPS) is 11.5. The predicted octanol–water partition coefficient (Wildman–Crippen LogP) is 4.26. The van der Waals surface area contributed by atoms with Crippen LogP contribution in [0.25, 0.3) is 22.3 Å². The Morgan fingerprint density at radius 1 is 0.929 bits per heavy atom. The lowest BCUT2D eigenvalue weighted by atomic mass is 10.1. The van der Waals surface area contributed by atoms with Gasteiger partial charge in [-0.15, -0.1) is 0 Å². The zero-order valence-corrected chi connectivity index (χ0v) is 22.4. The molecule has 15 heteroatoms. The number of fused-ring (bicyclic) bond motifs is 1. The fourth-order valence-corrected chi connectivity index (χ4v) is 5.19. The number of nitrogens with two attached hydrogens (primary N) is 1. The monoisotopic (exact) mass is 600 g/mol. The highest BCUT2D eigenvalue weighted by molar-refractivity contribution is 7.90. The van der Waals surface area contributed by atoms with Gasteiger partial charge in [0.2, 0.25) is 0 Å². The van der Waals surface area contributed by atoms with Gasteiger partial charge in [0.15, 0.2) is 38.8 Å². The number of carbonyl (C=O) groups is 1. The highest BCUT2D eigenvalue weighted by Gasteiger charge is 2.34. The van der Waals surface area contributed by atoms with E-state index >= 15 is 0 Å². The molecule has 0 saturated heterocycles. The number of hydrogen-bond acceptors (Lipinski definition) is 8. The molecule has 1 amide bonds. The minimum Gasteiger partial charge on any atom is -0.457 e. The van der Waals surface area contributed by atoms with E-state index in [0.29, 0.717) is 34.4 Å². The number of benzene rings is 3. The molecular formula is C27H20F4N6O4S. The van der Waals surface area contributed by atoms with Crippen LogP contribution < -0.4 is 15.8 Å². The highest BCUT2D eigenvalue weighted by atomic mass is 32.2. The first-order valence-electron chi connectivity index (χ1n) is 12.1. The summed E-state index contributed by atoms with van der Waals surface area (Å²) in [6.07, 6.45) is 1.63.